The molecule has 26 heavy (non-hydrogen) atoms. The Morgan fingerprint density at radius 2 is 1.85 bits per heavy atom. The average Bonchev–Trinajstić information content (AvgIpc) is 2.62. The van der Waals surface area contributed by atoms with Gasteiger partial charge in [0, 0.05) is 5.02 Å². The van der Waals surface area contributed by atoms with Gasteiger partial charge in [-0.2, -0.15) is 0 Å². The van der Waals surface area contributed by atoms with Crippen LogP contribution in [0.3, 0.4) is 0 Å². The van der Waals surface area contributed by atoms with Crippen LogP contribution in [0.25, 0.3) is 0 Å². The summed E-state index contributed by atoms with van der Waals surface area (Å²) < 4.78 is 5.93. The molecule has 3 nitrogen and oxygen atoms in total. The Morgan fingerprint density at radius 3 is 2.42 bits per heavy atom. The van der Waals surface area contributed by atoms with Crippen molar-refractivity contribution in [3.63, 3.8) is 0 Å². The average molecular weight is 374 g/mol. The van der Waals surface area contributed by atoms with Crippen molar-refractivity contribution in [1.82, 2.24) is 5.32 Å². The molecule has 0 spiro atoms. The Morgan fingerprint density at radius 1 is 1.15 bits per heavy atom. The first kappa shape index (κ1) is 20.3. The molecule has 0 heterocycles. The van der Waals surface area contributed by atoms with E-state index in [1.807, 2.05) is 38.1 Å². The fourth-order valence-corrected chi connectivity index (χ4v) is 2.99. The third-order valence-electron chi connectivity index (χ3n) is 4.30. The third-order valence-corrected chi connectivity index (χ3v) is 4.72. The number of benzene rings is 2. The monoisotopic (exact) mass is 373 g/mol. The van der Waals surface area contributed by atoms with Gasteiger partial charge in [0.05, 0.1) is 6.04 Å². The van der Waals surface area contributed by atoms with Crippen molar-refractivity contribution in [2.45, 2.75) is 52.7 Å². The van der Waals surface area contributed by atoms with E-state index in [9.17, 15) is 4.79 Å². The van der Waals surface area contributed by atoms with Gasteiger partial charge in [0.25, 0.3) is 5.91 Å². The highest BCUT2D eigenvalue weighted by Crippen LogP contribution is 2.24. The van der Waals surface area contributed by atoms with E-state index in [0.29, 0.717) is 23.1 Å². The van der Waals surface area contributed by atoms with Gasteiger partial charge < -0.3 is 10.1 Å². The van der Waals surface area contributed by atoms with Crippen molar-refractivity contribution >= 4 is 17.5 Å². The van der Waals surface area contributed by atoms with Crippen LogP contribution in [0.5, 0.6) is 5.75 Å². The number of halogens is 1. The van der Waals surface area contributed by atoms with Crippen LogP contribution in [0.2, 0.25) is 5.02 Å². The standard InChI is InChI=1S/C22H28ClNO2/c1-5-21(26-18-11-12-19(23)16(4)14-18)22(25)24-20(13-15(2)3)17-9-7-6-8-10-17/h6-12,14-15,20-21H,5,13H2,1-4H3,(H,24,25)/t20-,21-/m1/s1. The van der Waals surface area contributed by atoms with Crippen LogP contribution in [0.4, 0.5) is 0 Å². The highest BCUT2D eigenvalue weighted by Gasteiger charge is 2.23. The van der Waals surface area contributed by atoms with Crippen LogP contribution < -0.4 is 10.1 Å². The minimum atomic E-state index is -0.533. The lowest BCUT2D eigenvalue weighted by Crippen LogP contribution is -2.40. The molecule has 0 aliphatic heterocycles. The summed E-state index contributed by atoms with van der Waals surface area (Å²) in [6.07, 6.45) is 0.942. The molecule has 0 unspecified atom stereocenters. The normalized spacial score (nSPS) is 13.3. The maximum atomic E-state index is 12.8. The summed E-state index contributed by atoms with van der Waals surface area (Å²) in [6, 6.07) is 15.5. The summed E-state index contributed by atoms with van der Waals surface area (Å²) in [5.41, 5.74) is 2.05. The van der Waals surface area contributed by atoms with Crippen LogP contribution in [-0.4, -0.2) is 12.0 Å². The van der Waals surface area contributed by atoms with Crippen molar-refractivity contribution in [3.8, 4) is 5.75 Å². The molecule has 0 aliphatic carbocycles. The Kier molecular flexibility index (Phi) is 7.52. The first-order valence-corrected chi connectivity index (χ1v) is 9.56. The van der Waals surface area contributed by atoms with E-state index in [4.69, 9.17) is 16.3 Å². The van der Waals surface area contributed by atoms with E-state index in [2.05, 4.69) is 31.3 Å². The first-order chi connectivity index (χ1) is 12.4. The number of hydrogen-bond donors (Lipinski definition) is 1. The van der Waals surface area contributed by atoms with Gasteiger partial charge >= 0.3 is 0 Å². The lowest BCUT2D eigenvalue weighted by Gasteiger charge is -2.24. The molecule has 2 aromatic rings. The van der Waals surface area contributed by atoms with E-state index in [0.717, 1.165) is 17.5 Å². The van der Waals surface area contributed by atoms with Crippen LogP contribution in [0, 0.1) is 12.8 Å². The fourth-order valence-electron chi connectivity index (χ4n) is 2.88. The molecule has 0 aromatic heterocycles. The number of nitrogens with one attached hydrogen (secondary N) is 1. The predicted molar refractivity (Wildman–Crippen MR) is 108 cm³/mol. The SMILES string of the molecule is CC[C@@H](Oc1ccc(Cl)c(C)c1)C(=O)N[C@H](CC(C)C)c1ccccc1. The summed E-state index contributed by atoms with van der Waals surface area (Å²) in [6.45, 7) is 8.19. The molecule has 1 amide bonds. The second-order valence-electron chi connectivity index (χ2n) is 7.03. The minimum Gasteiger partial charge on any atom is -0.481 e. The molecule has 0 radical (unpaired) electrons. The number of rotatable bonds is 8. The van der Waals surface area contributed by atoms with Gasteiger partial charge in [-0.15, -0.1) is 0 Å². The second-order valence-corrected chi connectivity index (χ2v) is 7.43. The van der Waals surface area contributed by atoms with Crippen molar-refractivity contribution in [2.24, 2.45) is 5.92 Å². The van der Waals surface area contributed by atoms with Crippen molar-refractivity contribution in [1.29, 1.82) is 0 Å². The van der Waals surface area contributed by atoms with E-state index >= 15 is 0 Å². The van der Waals surface area contributed by atoms with Gasteiger partial charge in [0.1, 0.15) is 5.75 Å². The van der Waals surface area contributed by atoms with E-state index in [1.54, 1.807) is 12.1 Å². The third kappa shape index (κ3) is 5.77. The molecule has 1 N–H and O–H groups in total. The van der Waals surface area contributed by atoms with Crippen LogP contribution in [0.15, 0.2) is 48.5 Å². The summed E-state index contributed by atoms with van der Waals surface area (Å²) in [5.74, 6) is 1.05. The zero-order chi connectivity index (χ0) is 19.1. The van der Waals surface area contributed by atoms with E-state index in [-0.39, 0.29) is 11.9 Å². The quantitative estimate of drug-likeness (QED) is 0.643. The smallest absolute Gasteiger partial charge is 0.261 e. The number of aryl methyl sites for hydroxylation is 1. The number of carbonyl (C=O) groups is 1. The Hall–Kier alpha value is -2.00. The minimum absolute atomic E-state index is 0.0201. The molecule has 2 aromatic carbocycles. The van der Waals surface area contributed by atoms with Gasteiger partial charge in [-0.05, 0) is 55.0 Å². The van der Waals surface area contributed by atoms with Gasteiger partial charge in [0.2, 0.25) is 0 Å². The maximum Gasteiger partial charge on any atom is 0.261 e. The van der Waals surface area contributed by atoms with Crippen molar-refractivity contribution < 1.29 is 9.53 Å². The van der Waals surface area contributed by atoms with E-state index in [1.165, 1.54) is 0 Å². The molecule has 4 heteroatoms. The molecule has 0 fully saturated rings. The molecule has 0 aliphatic rings. The first-order valence-electron chi connectivity index (χ1n) is 9.18. The second kappa shape index (κ2) is 9.63. The maximum absolute atomic E-state index is 12.8. The largest absolute Gasteiger partial charge is 0.481 e. The van der Waals surface area contributed by atoms with Gasteiger partial charge in [-0.3, -0.25) is 4.79 Å². The Balaban J connectivity index is 2.11. The van der Waals surface area contributed by atoms with E-state index < -0.39 is 6.10 Å². The predicted octanol–water partition coefficient (Wildman–Crippen LogP) is 5.71. The molecule has 0 bridgehead atoms. The fraction of sp³-hybridized carbons (Fsp3) is 0.409. The Bertz CT molecular complexity index is 715. The molecule has 0 saturated carbocycles. The molecule has 2 rings (SSSR count). The van der Waals surface area contributed by atoms with Crippen LogP contribution in [0.1, 0.15) is 50.8 Å². The molecule has 0 saturated heterocycles. The van der Waals surface area contributed by atoms with Crippen molar-refractivity contribution in [3.05, 3.63) is 64.7 Å². The summed E-state index contributed by atoms with van der Waals surface area (Å²) in [4.78, 5) is 12.8. The molecule has 140 valence electrons. The number of ether oxygens (including phenoxy) is 1. The number of amides is 1. The Labute approximate surface area is 161 Å². The zero-order valence-electron chi connectivity index (χ0n) is 16.0. The highest BCUT2D eigenvalue weighted by atomic mass is 35.5. The van der Waals surface area contributed by atoms with Crippen LogP contribution >= 0.6 is 11.6 Å². The summed E-state index contributed by atoms with van der Waals surface area (Å²) in [7, 11) is 0. The lowest BCUT2D eigenvalue weighted by molar-refractivity contribution is -0.129. The molecular weight excluding hydrogens is 346 g/mol. The van der Waals surface area contributed by atoms with Crippen LogP contribution in [-0.2, 0) is 4.79 Å². The topological polar surface area (TPSA) is 38.3 Å². The van der Waals surface area contributed by atoms with Gasteiger partial charge in [-0.25, -0.2) is 0 Å². The van der Waals surface area contributed by atoms with Gasteiger partial charge in [0.15, 0.2) is 6.10 Å². The van der Waals surface area contributed by atoms with Crippen molar-refractivity contribution in [2.75, 3.05) is 0 Å². The zero-order valence-corrected chi connectivity index (χ0v) is 16.7. The molecular formula is C22H28ClNO2. The molecule has 2 atom stereocenters. The summed E-state index contributed by atoms with van der Waals surface area (Å²) >= 11 is 6.06. The highest BCUT2D eigenvalue weighted by molar-refractivity contribution is 6.31. The number of carbonyl (C=O) groups excluding carboxylic acids is 1. The number of hydrogen-bond acceptors (Lipinski definition) is 2. The lowest BCUT2D eigenvalue weighted by atomic mass is 9.96. The summed E-state index contributed by atoms with van der Waals surface area (Å²) in [5, 5.41) is 3.86. The van der Waals surface area contributed by atoms with Gasteiger partial charge in [-0.1, -0.05) is 62.7 Å².